The van der Waals surface area contributed by atoms with Gasteiger partial charge in [0.1, 0.15) is 5.75 Å². The fraction of sp³-hybridized carbons (Fsp3) is 0.647. The van der Waals surface area contributed by atoms with Crippen LogP contribution >= 0.6 is 0 Å². The van der Waals surface area contributed by atoms with Crippen LogP contribution in [-0.2, 0) is 0 Å². The summed E-state index contributed by atoms with van der Waals surface area (Å²) in [7, 11) is 2.12. The molecule has 2 unspecified atom stereocenters. The predicted octanol–water partition coefficient (Wildman–Crippen LogP) is 3.72. The Kier molecular flexibility index (Phi) is 4.07. The van der Waals surface area contributed by atoms with Crippen LogP contribution in [0.4, 0.5) is 0 Å². The first-order valence-electron chi connectivity index (χ1n) is 7.77. The lowest BCUT2D eigenvalue weighted by molar-refractivity contribution is 0.235. The fourth-order valence-corrected chi connectivity index (χ4v) is 3.88. The summed E-state index contributed by atoms with van der Waals surface area (Å²) in [5.41, 5.74) is 1.41. The monoisotopic (exact) mass is 259 g/mol. The van der Waals surface area contributed by atoms with Crippen molar-refractivity contribution >= 4 is 0 Å². The van der Waals surface area contributed by atoms with Crippen LogP contribution in [0.1, 0.15) is 50.0 Å². The van der Waals surface area contributed by atoms with Gasteiger partial charge in [-0.2, -0.15) is 0 Å². The van der Waals surface area contributed by atoms with Crippen molar-refractivity contribution in [1.29, 1.82) is 0 Å². The van der Waals surface area contributed by atoms with Crippen molar-refractivity contribution in [2.24, 2.45) is 5.92 Å². The molecule has 1 aliphatic heterocycles. The zero-order valence-corrected chi connectivity index (χ0v) is 11.9. The second kappa shape index (κ2) is 5.96. The number of likely N-dealkylation sites (N-methyl/N-ethyl adjacent to an activating group) is 1. The van der Waals surface area contributed by atoms with Gasteiger partial charge < -0.3 is 10.1 Å². The molecule has 1 heterocycles. The highest BCUT2D eigenvalue weighted by atomic mass is 16.5. The number of hydrogen-bond acceptors (Lipinski definition) is 2. The number of para-hydroxylation sites is 1. The Morgan fingerprint density at radius 3 is 2.79 bits per heavy atom. The van der Waals surface area contributed by atoms with Gasteiger partial charge >= 0.3 is 0 Å². The van der Waals surface area contributed by atoms with Gasteiger partial charge in [-0.25, -0.2) is 0 Å². The summed E-state index contributed by atoms with van der Waals surface area (Å²) in [5.74, 6) is 2.66. The molecule has 104 valence electrons. The molecule has 1 fully saturated rings. The van der Waals surface area contributed by atoms with Crippen LogP contribution in [0, 0.1) is 5.92 Å². The highest BCUT2D eigenvalue weighted by Crippen LogP contribution is 2.39. The van der Waals surface area contributed by atoms with Gasteiger partial charge in [-0.05, 0) is 37.4 Å². The van der Waals surface area contributed by atoms with E-state index in [-0.39, 0.29) is 0 Å². The molecule has 2 nitrogen and oxygen atoms in total. The Hall–Kier alpha value is -1.02. The van der Waals surface area contributed by atoms with Crippen molar-refractivity contribution in [2.75, 3.05) is 13.7 Å². The molecule has 1 N–H and O–H groups in total. The summed E-state index contributed by atoms with van der Waals surface area (Å²) in [6.45, 7) is 0.866. The fourth-order valence-electron chi connectivity index (χ4n) is 3.88. The zero-order valence-electron chi connectivity index (χ0n) is 11.9. The van der Waals surface area contributed by atoms with Gasteiger partial charge in [0.25, 0.3) is 0 Å². The van der Waals surface area contributed by atoms with Crippen LogP contribution < -0.4 is 10.1 Å². The Labute approximate surface area is 116 Å². The number of fused-ring (bicyclic) bond motifs is 1. The molecular weight excluding hydrogens is 234 g/mol. The van der Waals surface area contributed by atoms with E-state index < -0.39 is 0 Å². The second-order valence-corrected chi connectivity index (χ2v) is 6.06. The lowest BCUT2D eigenvalue weighted by Gasteiger charge is -2.33. The molecule has 1 aromatic rings. The van der Waals surface area contributed by atoms with Crippen LogP contribution in [0.3, 0.4) is 0 Å². The maximum Gasteiger partial charge on any atom is 0.122 e. The summed E-state index contributed by atoms with van der Waals surface area (Å²) >= 11 is 0. The van der Waals surface area contributed by atoms with Gasteiger partial charge in [0.2, 0.25) is 0 Å². The molecule has 1 saturated carbocycles. The Bertz CT molecular complexity index is 411. The molecule has 0 bridgehead atoms. The molecule has 0 saturated heterocycles. The number of ether oxygens (including phenoxy) is 1. The van der Waals surface area contributed by atoms with Gasteiger partial charge in [0.15, 0.2) is 0 Å². The minimum atomic E-state index is 0.605. The number of rotatable bonds is 4. The minimum Gasteiger partial charge on any atom is -0.493 e. The zero-order chi connectivity index (χ0) is 13.1. The van der Waals surface area contributed by atoms with Gasteiger partial charge in [0, 0.05) is 12.0 Å². The van der Waals surface area contributed by atoms with Gasteiger partial charge in [-0.3, -0.25) is 0 Å². The third-order valence-electron chi connectivity index (χ3n) is 4.92. The van der Waals surface area contributed by atoms with E-state index in [0.717, 1.165) is 24.7 Å². The van der Waals surface area contributed by atoms with E-state index in [9.17, 15) is 0 Å². The minimum absolute atomic E-state index is 0.605. The predicted molar refractivity (Wildman–Crippen MR) is 78.7 cm³/mol. The van der Waals surface area contributed by atoms with Gasteiger partial charge in [0.05, 0.1) is 6.61 Å². The van der Waals surface area contributed by atoms with Gasteiger partial charge in [-0.15, -0.1) is 0 Å². The number of nitrogens with one attached hydrogen (secondary N) is 1. The van der Waals surface area contributed by atoms with Crippen molar-refractivity contribution in [3.05, 3.63) is 29.8 Å². The summed E-state index contributed by atoms with van der Waals surface area (Å²) in [6.07, 6.45) is 8.22. The lowest BCUT2D eigenvalue weighted by Crippen LogP contribution is -2.36. The van der Waals surface area contributed by atoms with Crippen molar-refractivity contribution in [2.45, 2.75) is 50.5 Å². The lowest BCUT2D eigenvalue weighted by atomic mass is 9.82. The number of hydrogen-bond donors (Lipinski definition) is 1. The molecule has 2 aliphatic rings. The Morgan fingerprint density at radius 1 is 1.21 bits per heavy atom. The van der Waals surface area contributed by atoms with E-state index in [2.05, 4.69) is 36.6 Å². The molecule has 0 aromatic heterocycles. The molecule has 1 aromatic carbocycles. The second-order valence-electron chi connectivity index (χ2n) is 6.06. The third-order valence-corrected chi connectivity index (χ3v) is 4.92. The van der Waals surface area contributed by atoms with E-state index in [0.29, 0.717) is 12.0 Å². The highest BCUT2D eigenvalue weighted by Gasteiger charge is 2.30. The highest BCUT2D eigenvalue weighted by molar-refractivity contribution is 5.38. The summed E-state index contributed by atoms with van der Waals surface area (Å²) in [5, 5.41) is 3.58. The standard InChI is InChI=1S/C17H25NO/c1-18-16(12-13-6-2-3-7-13)14-10-11-19-17-9-5-4-8-15(14)17/h4-5,8-9,13-14,16,18H,2-3,6-7,10-12H2,1H3. The summed E-state index contributed by atoms with van der Waals surface area (Å²) < 4.78 is 5.79. The quantitative estimate of drug-likeness (QED) is 0.889. The maximum atomic E-state index is 5.79. The smallest absolute Gasteiger partial charge is 0.122 e. The SMILES string of the molecule is CNC(CC1CCCC1)C1CCOc2ccccc21. The van der Waals surface area contributed by atoms with E-state index in [1.807, 2.05) is 0 Å². The largest absolute Gasteiger partial charge is 0.493 e. The Balaban J connectivity index is 1.76. The van der Waals surface area contributed by atoms with Crippen LogP contribution in [0.2, 0.25) is 0 Å². The van der Waals surface area contributed by atoms with E-state index in [1.54, 1.807) is 0 Å². The first-order chi connectivity index (χ1) is 9.38. The molecule has 2 heteroatoms. The molecule has 0 radical (unpaired) electrons. The molecule has 1 aliphatic carbocycles. The normalized spacial score (nSPS) is 24.8. The molecule has 0 spiro atoms. The first-order valence-corrected chi connectivity index (χ1v) is 7.77. The maximum absolute atomic E-state index is 5.79. The Morgan fingerprint density at radius 2 is 2.00 bits per heavy atom. The average Bonchev–Trinajstić information content (AvgIpc) is 2.97. The first kappa shape index (κ1) is 13.0. The van der Waals surface area contributed by atoms with Gasteiger partial charge in [-0.1, -0.05) is 43.9 Å². The van der Waals surface area contributed by atoms with Crippen molar-refractivity contribution in [3.63, 3.8) is 0 Å². The van der Waals surface area contributed by atoms with E-state index in [1.165, 1.54) is 37.7 Å². The van der Waals surface area contributed by atoms with E-state index >= 15 is 0 Å². The van der Waals surface area contributed by atoms with Crippen molar-refractivity contribution in [3.8, 4) is 5.75 Å². The summed E-state index contributed by atoms with van der Waals surface area (Å²) in [6, 6.07) is 9.19. The molecular formula is C17H25NO. The van der Waals surface area contributed by atoms with Crippen LogP contribution in [0.25, 0.3) is 0 Å². The molecule has 2 atom stereocenters. The topological polar surface area (TPSA) is 21.3 Å². The van der Waals surface area contributed by atoms with Crippen LogP contribution in [0.5, 0.6) is 5.75 Å². The molecule has 0 amide bonds. The van der Waals surface area contributed by atoms with Crippen LogP contribution in [0.15, 0.2) is 24.3 Å². The van der Waals surface area contributed by atoms with Crippen LogP contribution in [-0.4, -0.2) is 19.7 Å². The number of benzene rings is 1. The van der Waals surface area contributed by atoms with E-state index in [4.69, 9.17) is 4.74 Å². The molecule has 3 rings (SSSR count). The average molecular weight is 259 g/mol. The molecule has 19 heavy (non-hydrogen) atoms. The van der Waals surface area contributed by atoms with Crippen molar-refractivity contribution < 1.29 is 4.74 Å². The summed E-state index contributed by atoms with van der Waals surface area (Å²) in [4.78, 5) is 0. The van der Waals surface area contributed by atoms with Crippen molar-refractivity contribution in [1.82, 2.24) is 5.32 Å². The third kappa shape index (κ3) is 2.79.